The molecule has 0 N–H and O–H groups in total. The van der Waals surface area contributed by atoms with Gasteiger partial charge in [-0.25, -0.2) is 0 Å². The predicted molar refractivity (Wildman–Crippen MR) is 98.4 cm³/mol. The van der Waals surface area contributed by atoms with Gasteiger partial charge in [0.25, 0.3) is 0 Å². The highest BCUT2D eigenvalue weighted by molar-refractivity contribution is 5.51. The zero-order valence-corrected chi connectivity index (χ0v) is 14.7. The first kappa shape index (κ1) is 17.4. The van der Waals surface area contributed by atoms with Gasteiger partial charge in [0.2, 0.25) is 0 Å². The van der Waals surface area contributed by atoms with Gasteiger partial charge in [0, 0.05) is 31.4 Å². The summed E-state index contributed by atoms with van der Waals surface area (Å²) in [6.45, 7) is 5.16. The van der Waals surface area contributed by atoms with Crippen molar-refractivity contribution in [3.05, 3.63) is 59.7 Å². The Morgan fingerprint density at radius 2 is 1.65 bits per heavy atom. The number of rotatable bonds is 8. The van der Waals surface area contributed by atoms with Crippen LogP contribution in [0.25, 0.3) is 0 Å². The van der Waals surface area contributed by atoms with Gasteiger partial charge >= 0.3 is 0 Å². The fraction of sp³-hybridized carbons (Fsp3) is 0.400. The van der Waals surface area contributed by atoms with E-state index in [1.165, 1.54) is 16.8 Å². The van der Waals surface area contributed by atoms with E-state index in [2.05, 4.69) is 67.2 Å². The highest BCUT2D eigenvalue weighted by atomic mass is 16.5. The largest absolute Gasteiger partial charge is 0.497 e. The summed E-state index contributed by atoms with van der Waals surface area (Å²) >= 11 is 0. The molecule has 0 aliphatic heterocycles. The highest BCUT2D eigenvalue weighted by Gasteiger charge is 2.06. The molecule has 0 aromatic heterocycles. The molecule has 0 saturated heterocycles. The van der Waals surface area contributed by atoms with Crippen LogP contribution in [0.4, 0.5) is 5.69 Å². The fourth-order valence-electron chi connectivity index (χ4n) is 2.58. The lowest BCUT2D eigenvalue weighted by atomic mass is 10.1. The molecule has 0 saturated carbocycles. The summed E-state index contributed by atoms with van der Waals surface area (Å²) in [4.78, 5) is 4.58. The molecule has 0 fully saturated rings. The summed E-state index contributed by atoms with van der Waals surface area (Å²) < 4.78 is 5.33. The van der Waals surface area contributed by atoms with Crippen LogP contribution in [0, 0.1) is 0 Å². The second-order valence-electron chi connectivity index (χ2n) is 6.09. The summed E-state index contributed by atoms with van der Waals surface area (Å²) in [6.07, 6.45) is 1.10. The van der Waals surface area contributed by atoms with E-state index in [4.69, 9.17) is 4.74 Å². The van der Waals surface area contributed by atoms with Crippen molar-refractivity contribution in [1.29, 1.82) is 0 Å². The van der Waals surface area contributed by atoms with Crippen LogP contribution in [-0.2, 0) is 13.0 Å². The second-order valence-corrected chi connectivity index (χ2v) is 6.09. The van der Waals surface area contributed by atoms with Crippen LogP contribution in [0.2, 0.25) is 0 Å². The molecule has 0 aliphatic rings. The minimum absolute atomic E-state index is 0.903. The van der Waals surface area contributed by atoms with Gasteiger partial charge in [-0.1, -0.05) is 30.3 Å². The lowest BCUT2D eigenvalue weighted by Gasteiger charge is -2.24. The molecule has 2 rings (SSSR count). The van der Waals surface area contributed by atoms with Crippen molar-refractivity contribution in [3.63, 3.8) is 0 Å². The molecule has 0 atom stereocenters. The van der Waals surface area contributed by atoms with E-state index in [0.717, 1.165) is 31.8 Å². The Hall–Kier alpha value is -2.00. The Bertz CT molecular complexity index is 593. The minimum atomic E-state index is 0.903. The number of nitrogens with zero attached hydrogens (tertiary/aromatic N) is 2. The third kappa shape index (κ3) is 5.29. The van der Waals surface area contributed by atoms with Crippen molar-refractivity contribution in [1.82, 2.24) is 4.90 Å². The summed E-state index contributed by atoms with van der Waals surface area (Å²) in [5.74, 6) is 0.903. The zero-order chi connectivity index (χ0) is 16.7. The molecule has 3 heteroatoms. The maximum Gasteiger partial charge on any atom is 0.120 e. The molecule has 124 valence electrons. The molecule has 2 aromatic carbocycles. The van der Waals surface area contributed by atoms with Crippen molar-refractivity contribution in [3.8, 4) is 5.75 Å². The van der Waals surface area contributed by atoms with Crippen LogP contribution in [0.5, 0.6) is 5.75 Å². The quantitative estimate of drug-likeness (QED) is 0.737. The van der Waals surface area contributed by atoms with Gasteiger partial charge < -0.3 is 14.5 Å². The average molecular weight is 312 g/mol. The number of likely N-dealkylation sites (N-methyl/N-ethyl adjacent to an activating group) is 1. The van der Waals surface area contributed by atoms with Crippen LogP contribution < -0.4 is 9.64 Å². The first-order valence-electron chi connectivity index (χ1n) is 8.24. The molecule has 0 radical (unpaired) electrons. The standard InChI is InChI=1S/C20H28N2O/c1-5-22(19-7-6-8-20(15-19)23-4)16-18-11-9-17(10-12-18)13-14-21(2)3/h6-12,15H,5,13-14,16H2,1-4H3. The van der Waals surface area contributed by atoms with Crippen molar-refractivity contribution >= 4 is 5.69 Å². The molecule has 0 spiro atoms. The van der Waals surface area contributed by atoms with Gasteiger partial charge in [-0.3, -0.25) is 0 Å². The molecule has 3 nitrogen and oxygen atoms in total. The predicted octanol–water partition coefficient (Wildman–Crippen LogP) is 3.83. The first-order chi connectivity index (χ1) is 11.1. The smallest absolute Gasteiger partial charge is 0.120 e. The van der Waals surface area contributed by atoms with Gasteiger partial charge in [-0.15, -0.1) is 0 Å². The van der Waals surface area contributed by atoms with Crippen molar-refractivity contribution < 1.29 is 4.74 Å². The third-order valence-electron chi connectivity index (χ3n) is 4.04. The molecule has 0 bridgehead atoms. The SMILES string of the molecule is CCN(Cc1ccc(CCN(C)C)cc1)c1cccc(OC)c1. The Labute approximate surface area is 140 Å². The van der Waals surface area contributed by atoms with E-state index < -0.39 is 0 Å². The molecule has 0 heterocycles. The van der Waals surface area contributed by atoms with Gasteiger partial charge in [0.1, 0.15) is 5.75 Å². The number of methoxy groups -OCH3 is 1. The Balaban J connectivity index is 2.03. The summed E-state index contributed by atoms with van der Waals surface area (Å²) in [6, 6.07) is 17.2. The van der Waals surface area contributed by atoms with Gasteiger partial charge in [-0.05, 0) is 50.7 Å². The van der Waals surface area contributed by atoms with E-state index in [9.17, 15) is 0 Å². The van der Waals surface area contributed by atoms with E-state index in [-0.39, 0.29) is 0 Å². The maximum atomic E-state index is 5.33. The lowest BCUT2D eigenvalue weighted by molar-refractivity contribution is 0.413. The van der Waals surface area contributed by atoms with Crippen molar-refractivity contribution in [2.75, 3.05) is 39.2 Å². The van der Waals surface area contributed by atoms with E-state index >= 15 is 0 Å². The van der Waals surface area contributed by atoms with Gasteiger partial charge in [0.15, 0.2) is 0 Å². The Kier molecular flexibility index (Phi) is 6.48. The van der Waals surface area contributed by atoms with E-state index in [0.29, 0.717) is 0 Å². The summed E-state index contributed by atoms with van der Waals surface area (Å²) in [7, 11) is 5.94. The Morgan fingerprint density at radius 1 is 0.957 bits per heavy atom. The highest BCUT2D eigenvalue weighted by Crippen LogP contribution is 2.22. The molecular formula is C20H28N2O. The summed E-state index contributed by atoms with van der Waals surface area (Å²) in [5, 5.41) is 0. The normalized spacial score (nSPS) is 10.8. The van der Waals surface area contributed by atoms with Gasteiger partial charge in [-0.2, -0.15) is 0 Å². The number of anilines is 1. The van der Waals surface area contributed by atoms with Gasteiger partial charge in [0.05, 0.1) is 7.11 Å². The molecule has 2 aromatic rings. The monoisotopic (exact) mass is 312 g/mol. The van der Waals surface area contributed by atoms with Crippen LogP contribution in [0.3, 0.4) is 0 Å². The first-order valence-corrected chi connectivity index (χ1v) is 8.24. The molecule has 0 unspecified atom stereocenters. The molecule has 0 aliphatic carbocycles. The van der Waals surface area contributed by atoms with E-state index in [1.54, 1.807) is 7.11 Å². The van der Waals surface area contributed by atoms with Crippen molar-refractivity contribution in [2.24, 2.45) is 0 Å². The molecule has 0 amide bonds. The van der Waals surface area contributed by atoms with Crippen LogP contribution in [0.1, 0.15) is 18.1 Å². The molecule has 23 heavy (non-hydrogen) atoms. The van der Waals surface area contributed by atoms with Crippen molar-refractivity contribution in [2.45, 2.75) is 19.9 Å². The average Bonchev–Trinajstić information content (AvgIpc) is 2.58. The number of hydrogen-bond donors (Lipinski definition) is 0. The minimum Gasteiger partial charge on any atom is -0.497 e. The lowest BCUT2D eigenvalue weighted by Crippen LogP contribution is -2.22. The number of benzene rings is 2. The fourth-order valence-corrected chi connectivity index (χ4v) is 2.58. The molecular weight excluding hydrogens is 284 g/mol. The number of ether oxygens (including phenoxy) is 1. The Morgan fingerprint density at radius 3 is 2.26 bits per heavy atom. The van der Waals surface area contributed by atoms with Crippen LogP contribution >= 0.6 is 0 Å². The zero-order valence-electron chi connectivity index (χ0n) is 14.7. The number of hydrogen-bond acceptors (Lipinski definition) is 3. The summed E-state index contributed by atoms with van der Waals surface area (Å²) in [5.41, 5.74) is 3.93. The van der Waals surface area contributed by atoms with Crippen LogP contribution in [0.15, 0.2) is 48.5 Å². The van der Waals surface area contributed by atoms with Crippen LogP contribution in [-0.4, -0.2) is 39.2 Å². The second kappa shape index (κ2) is 8.59. The topological polar surface area (TPSA) is 15.7 Å². The third-order valence-corrected chi connectivity index (χ3v) is 4.04. The maximum absolute atomic E-state index is 5.33. The van der Waals surface area contributed by atoms with E-state index in [1.807, 2.05) is 12.1 Å².